The average Bonchev–Trinajstić information content (AvgIpc) is 2.63. The Labute approximate surface area is 147 Å². The Hall–Kier alpha value is -2.30. The Morgan fingerprint density at radius 3 is 2.40 bits per heavy atom. The molecule has 1 aliphatic rings. The molecule has 0 atom stereocenters. The maximum absolute atomic E-state index is 12.1. The standard InChI is InChI=1S/C15H21N7O2S/c1-20(2)25(23,24)22-10-8-21(9-11-22)15-6-5-14(18-19-15)17-13-4-3-7-16-12-13/h3-7,12H,8-11H2,1-2H3,(H,17,18). The molecule has 1 fully saturated rings. The fraction of sp³-hybridized carbons (Fsp3) is 0.400. The SMILES string of the molecule is CN(C)S(=O)(=O)N1CCN(c2ccc(Nc3cccnc3)nn2)CC1. The minimum atomic E-state index is -3.36. The van der Waals surface area contributed by atoms with Gasteiger partial charge in [0.25, 0.3) is 10.2 Å². The van der Waals surface area contributed by atoms with E-state index >= 15 is 0 Å². The summed E-state index contributed by atoms with van der Waals surface area (Å²) in [5, 5.41) is 11.5. The van der Waals surface area contributed by atoms with Crippen LogP contribution in [0.1, 0.15) is 0 Å². The predicted octanol–water partition coefficient (Wildman–Crippen LogP) is 0.544. The third kappa shape index (κ3) is 4.03. The van der Waals surface area contributed by atoms with Gasteiger partial charge in [0.2, 0.25) is 0 Å². The predicted molar refractivity (Wildman–Crippen MR) is 95.9 cm³/mol. The van der Waals surface area contributed by atoms with Crippen molar-refractivity contribution in [3.05, 3.63) is 36.7 Å². The number of anilines is 3. The lowest BCUT2D eigenvalue weighted by Crippen LogP contribution is -2.51. The van der Waals surface area contributed by atoms with Crippen molar-refractivity contribution in [2.45, 2.75) is 0 Å². The zero-order valence-corrected chi connectivity index (χ0v) is 15.0. The van der Waals surface area contributed by atoms with Gasteiger partial charge in [-0.2, -0.15) is 17.0 Å². The highest BCUT2D eigenvalue weighted by Crippen LogP contribution is 2.18. The van der Waals surface area contributed by atoms with Gasteiger partial charge >= 0.3 is 0 Å². The number of hydrogen-bond acceptors (Lipinski definition) is 7. The molecule has 0 amide bonds. The molecule has 0 radical (unpaired) electrons. The van der Waals surface area contributed by atoms with Gasteiger partial charge in [-0.25, -0.2) is 0 Å². The van der Waals surface area contributed by atoms with Crippen LogP contribution in [0.3, 0.4) is 0 Å². The molecule has 3 rings (SSSR count). The summed E-state index contributed by atoms with van der Waals surface area (Å²) in [6.45, 7) is 2.02. The molecule has 25 heavy (non-hydrogen) atoms. The Kier molecular flexibility index (Phi) is 5.11. The summed E-state index contributed by atoms with van der Waals surface area (Å²) in [7, 11) is -0.273. The van der Waals surface area contributed by atoms with Crippen LogP contribution in [0, 0.1) is 0 Å². The van der Waals surface area contributed by atoms with Gasteiger partial charge in [0.1, 0.15) is 0 Å². The van der Waals surface area contributed by atoms with E-state index in [0.717, 1.165) is 11.5 Å². The van der Waals surface area contributed by atoms with Gasteiger partial charge < -0.3 is 10.2 Å². The largest absolute Gasteiger partial charge is 0.352 e. The third-order valence-corrected chi connectivity index (χ3v) is 5.88. The van der Waals surface area contributed by atoms with Crippen LogP contribution in [-0.2, 0) is 10.2 Å². The second-order valence-corrected chi connectivity index (χ2v) is 7.96. The molecule has 1 aliphatic heterocycles. The van der Waals surface area contributed by atoms with Crippen molar-refractivity contribution in [2.24, 2.45) is 0 Å². The quantitative estimate of drug-likeness (QED) is 0.829. The van der Waals surface area contributed by atoms with Crippen LogP contribution in [0.2, 0.25) is 0 Å². The lowest BCUT2D eigenvalue weighted by Gasteiger charge is -2.35. The van der Waals surface area contributed by atoms with Gasteiger partial charge in [0.05, 0.1) is 11.9 Å². The van der Waals surface area contributed by atoms with Gasteiger partial charge in [0.15, 0.2) is 11.6 Å². The molecule has 134 valence electrons. The second kappa shape index (κ2) is 7.30. The zero-order chi connectivity index (χ0) is 17.9. The van der Waals surface area contributed by atoms with Crippen molar-refractivity contribution < 1.29 is 8.42 Å². The number of rotatable bonds is 5. The minimum Gasteiger partial charge on any atom is -0.352 e. The van der Waals surface area contributed by atoms with Gasteiger partial charge in [-0.1, -0.05) is 0 Å². The number of nitrogens with one attached hydrogen (secondary N) is 1. The van der Waals surface area contributed by atoms with Crippen molar-refractivity contribution in [2.75, 3.05) is 50.5 Å². The number of hydrogen-bond donors (Lipinski definition) is 1. The van der Waals surface area contributed by atoms with E-state index in [4.69, 9.17) is 0 Å². The Bertz CT molecular complexity index is 788. The normalized spacial score (nSPS) is 16.2. The Morgan fingerprint density at radius 2 is 1.84 bits per heavy atom. The molecule has 1 saturated heterocycles. The molecule has 0 aromatic carbocycles. The Morgan fingerprint density at radius 1 is 1.08 bits per heavy atom. The highest BCUT2D eigenvalue weighted by Gasteiger charge is 2.28. The summed E-state index contributed by atoms with van der Waals surface area (Å²) in [6, 6.07) is 7.46. The van der Waals surface area contributed by atoms with Gasteiger partial charge in [-0.3, -0.25) is 4.98 Å². The van der Waals surface area contributed by atoms with Gasteiger partial charge in [0, 0.05) is 46.5 Å². The highest BCUT2D eigenvalue weighted by atomic mass is 32.2. The van der Waals surface area contributed by atoms with E-state index in [1.54, 1.807) is 26.5 Å². The lowest BCUT2D eigenvalue weighted by atomic mass is 10.3. The zero-order valence-electron chi connectivity index (χ0n) is 14.2. The third-order valence-electron chi connectivity index (χ3n) is 3.93. The van der Waals surface area contributed by atoms with E-state index in [1.165, 1.54) is 8.61 Å². The van der Waals surface area contributed by atoms with Crippen LogP contribution in [0.5, 0.6) is 0 Å². The number of nitrogens with zero attached hydrogens (tertiary/aromatic N) is 6. The molecule has 10 heteroatoms. The van der Waals surface area contributed by atoms with Crippen molar-refractivity contribution in [1.29, 1.82) is 0 Å². The van der Waals surface area contributed by atoms with E-state index in [-0.39, 0.29) is 0 Å². The lowest BCUT2D eigenvalue weighted by molar-refractivity contribution is 0.354. The maximum Gasteiger partial charge on any atom is 0.281 e. The molecule has 0 spiro atoms. The molecule has 0 bridgehead atoms. The monoisotopic (exact) mass is 363 g/mol. The van der Waals surface area contributed by atoms with Crippen LogP contribution in [0.15, 0.2) is 36.7 Å². The minimum absolute atomic E-state index is 0.428. The fourth-order valence-corrected chi connectivity index (χ4v) is 3.61. The number of aromatic nitrogens is 3. The molecule has 1 N–H and O–H groups in total. The van der Waals surface area contributed by atoms with E-state index in [2.05, 4.69) is 20.5 Å². The summed E-state index contributed by atoms with van der Waals surface area (Å²) < 4.78 is 27.0. The molecule has 2 aromatic heterocycles. The molecule has 0 saturated carbocycles. The summed E-state index contributed by atoms with van der Waals surface area (Å²) in [6.07, 6.45) is 3.41. The van der Waals surface area contributed by atoms with Crippen molar-refractivity contribution in [3.63, 3.8) is 0 Å². The summed E-state index contributed by atoms with van der Waals surface area (Å²) >= 11 is 0. The highest BCUT2D eigenvalue weighted by molar-refractivity contribution is 7.86. The molecule has 3 heterocycles. The van der Waals surface area contributed by atoms with Crippen LogP contribution < -0.4 is 10.2 Å². The summed E-state index contributed by atoms with van der Waals surface area (Å²) in [4.78, 5) is 6.07. The van der Waals surface area contributed by atoms with Crippen LogP contribution in [-0.4, -0.2) is 72.5 Å². The first-order chi connectivity index (χ1) is 12.0. The molecule has 2 aromatic rings. The first-order valence-electron chi connectivity index (χ1n) is 7.90. The fourth-order valence-electron chi connectivity index (χ4n) is 2.52. The number of pyridine rings is 1. The van der Waals surface area contributed by atoms with Crippen molar-refractivity contribution in [3.8, 4) is 0 Å². The molecular formula is C15H21N7O2S. The van der Waals surface area contributed by atoms with Crippen LogP contribution in [0.4, 0.5) is 17.3 Å². The molecular weight excluding hydrogens is 342 g/mol. The van der Waals surface area contributed by atoms with Crippen molar-refractivity contribution in [1.82, 2.24) is 23.8 Å². The average molecular weight is 363 g/mol. The van der Waals surface area contributed by atoms with E-state index in [1.807, 2.05) is 29.2 Å². The van der Waals surface area contributed by atoms with E-state index in [0.29, 0.717) is 32.0 Å². The second-order valence-electron chi connectivity index (χ2n) is 5.82. The maximum atomic E-state index is 12.1. The number of piperazine rings is 1. The first-order valence-corrected chi connectivity index (χ1v) is 9.30. The topological polar surface area (TPSA) is 94.6 Å². The molecule has 0 aliphatic carbocycles. The first kappa shape index (κ1) is 17.5. The van der Waals surface area contributed by atoms with Crippen molar-refractivity contribution >= 4 is 27.5 Å². The van der Waals surface area contributed by atoms with E-state index < -0.39 is 10.2 Å². The molecule has 9 nitrogen and oxygen atoms in total. The summed E-state index contributed by atoms with van der Waals surface area (Å²) in [5.41, 5.74) is 0.840. The molecule has 0 unspecified atom stereocenters. The summed E-state index contributed by atoms with van der Waals surface area (Å²) in [5.74, 6) is 1.37. The van der Waals surface area contributed by atoms with Gasteiger partial charge in [-0.05, 0) is 24.3 Å². The van der Waals surface area contributed by atoms with E-state index in [9.17, 15) is 8.42 Å². The van der Waals surface area contributed by atoms with Gasteiger partial charge in [-0.15, -0.1) is 10.2 Å². The van der Waals surface area contributed by atoms with Crippen LogP contribution >= 0.6 is 0 Å². The smallest absolute Gasteiger partial charge is 0.281 e. The Balaban J connectivity index is 1.61. The van der Waals surface area contributed by atoms with Crippen LogP contribution in [0.25, 0.3) is 0 Å².